The van der Waals surface area contributed by atoms with Crippen molar-refractivity contribution in [3.8, 4) is 0 Å². The number of amides is 1. The van der Waals surface area contributed by atoms with E-state index in [0.717, 1.165) is 31.6 Å². The summed E-state index contributed by atoms with van der Waals surface area (Å²) in [6.45, 7) is 5.83. The number of para-hydroxylation sites is 1. The first kappa shape index (κ1) is 12.1. The highest BCUT2D eigenvalue weighted by atomic mass is 16.2. The second kappa shape index (κ2) is 4.88. The van der Waals surface area contributed by atoms with Gasteiger partial charge < -0.3 is 10.6 Å². The summed E-state index contributed by atoms with van der Waals surface area (Å²) in [5.74, 6) is 0.128. The maximum atomic E-state index is 12.3. The third kappa shape index (κ3) is 2.50. The minimum atomic E-state index is -0.263. The molecule has 1 aromatic carbocycles. The summed E-state index contributed by atoms with van der Waals surface area (Å²) in [7, 11) is 0. The van der Waals surface area contributed by atoms with E-state index in [0.29, 0.717) is 0 Å². The summed E-state index contributed by atoms with van der Waals surface area (Å²) >= 11 is 0. The first-order chi connectivity index (χ1) is 8.15. The van der Waals surface area contributed by atoms with Gasteiger partial charge >= 0.3 is 0 Å². The average molecular weight is 232 g/mol. The molecule has 0 spiro atoms. The summed E-state index contributed by atoms with van der Waals surface area (Å²) < 4.78 is 0. The van der Waals surface area contributed by atoms with Gasteiger partial charge in [0.15, 0.2) is 0 Å². The van der Waals surface area contributed by atoms with Gasteiger partial charge in [-0.3, -0.25) is 4.79 Å². The molecule has 2 N–H and O–H groups in total. The molecule has 3 nitrogen and oxygen atoms in total. The molecule has 0 bridgehead atoms. The van der Waals surface area contributed by atoms with Crippen LogP contribution in [0.3, 0.4) is 0 Å². The van der Waals surface area contributed by atoms with Crippen LogP contribution in [0.1, 0.15) is 25.8 Å². The van der Waals surface area contributed by atoms with E-state index in [1.807, 2.05) is 25.1 Å². The van der Waals surface area contributed by atoms with Crippen LogP contribution >= 0.6 is 0 Å². The molecule has 1 aliphatic heterocycles. The summed E-state index contributed by atoms with van der Waals surface area (Å²) in [4.78, 5) is 12.3. The summed E-state index contributed by atoms with van der Waals surface area (Å²) in [6, 6.07) is 8.00. The Morgan fingerprint density at radius 2 is 2.24 bits per heavy atom. The first-order valence-corrected chi connectivity index (χ1v) is 6.26. The molecular formula is C14H20N2O. The molecule has 1 heterocycles. The molecule has 1 amide bonds. The molecule has 3 heteroatoms. The predicted octanol–water partition coefficient (Wildman–Crippen LogP) is 2.19. The minimum absolute atomic E-state index is 0.128. The zero-order valence-corrected chi connectivity index (χ0v) is 10.5. The van der Waals surface area contributed by atoms with Crippen molar-refractivity contribution < 1.29 is 4.79 Å². The number of nitrogens with one attached hydrogen (secondary N) is 2. The van der Waals surface area contributed by atoms with E-state index in [4.69, 9.17) is 0 Å². The highest BCUT2D eigenvalue weighted by molar-refractivity contribution is 5.96. The van der Waals surface area contributed by atoms with Gasteiger partial charge in [0.25, 0.3) is 0 Å². The molecule has 1 aliphatic rings. The Balaban J connectivity index is 2.12. The Morgan fingerprint density at radius 3 is 2.88 bits per heavy atom. The number of hydrogen-bond donors (Lipinski definition) is 2. The van der Waals surface area contributed by atoms with Crippen molar-refractivity contribution in [1.82, 2.24) is 5.32 Å². The Labute approximate surface area is 103 Å². The number of rotatable bonds is 3. The van der Waals surface area contributed by atoms with Gasteiger partial charge in [-0.05, 0) is 37.9 Å². The maximum Gasteiger partial charge on any atom is 0.231 e. The van der Waals surface area contributed by atoms with Gasteiger partial charge in [-0.2, -0.15) is 0 Å². The normalized spacial score (nSPS) is 23.6. The smallest absolute Gasteiger partial charge is 0.231 e. The highest BCUT2D eigenvalue weighted by Crippen LogP contribution is 2.27. The predicted molar refractivity (Wildman–Crippen MR) is 70.0 cm³/mol. The number of benzene rings is 1. The van der Waals surface area contributed by atoms with Gasteiger partial charge in [0.1, 0.15) is 0 Å². The zero-order chi connectivity index (χ0) is 12.3. The van der Waals surface area contributed by atoms with Crippen molar-refractivity contribution in [2.75, 3.05) is 18.4 Å². The quantitative estimate of drug-likeness (QED) is 0.838. The van der Waals surface area contributed by atoms with Crippen molar-refractivity contribution in [3.63, 3.8) is 0 Å². The number of aryl methyl sites for hydroxylation is 1. The van der Waals surface area contributed by atoms with Crippen LogP contribution in [0.5, 0.6) is 0 Å². The summed E-state index contributed by atoms with van der Waals surface area (Å²) in [5, 5.41) is 6.31. The lowest BCUT2D eigenvalue weighted by atomic mass is 9.88. The molecule has 2 rings (SSSR count). The monoisotopic (exact) mass is 232 g/mol. The number of anilines is 1. The molecule has 1 saturated heterocycles. The van der Waals surface area contributed by atoms with Crippen LogP contribution in [0.25, 0.3) is 0 Å². The van der Waals surface area contributed by atoms with Crippen LogP contribution in [0.2, 0.25) is 0 Å². The number of carbonyl (C=O) groups excluding carboxylic acids is 1. The minimum Gasteiger partial charge on any atom is -0.325 e. The van der Waals surface area contributed by atoms with Crippen molar-refractivity contribution in [2.24, 2.45) is 5.41 Å². The van der Waals surface area contributed by atoms with Crippen LogP contribution in [0, 0.1) is 5.41 Å². The van der Waals surface area contributed by atoms with Crippen LogP contribution in [0.4, 0.5) is 5.69 Å². The average Bonchev–Trinajstić information content (AvgIpc) is 2.78. The molecule has 92 valence electrons. The fourth-order valence-electron chi connectivity index (χ4n) is 2.23. The molecule has 0 radical (unpaired) electrons. The van der Waals surface area contributed by atoms with Crippen LogP contribution in [-0.2, 0) is 11.2 Å². The lowest BCUT2D eigenvalue weighted by molar-refractivity contribution is -0.123. The molecule has 1 fully saturated rings. The molecule has 1 aromatic rings. The van der Waals surface area contributed by atoms with Gasteiger partial charge in [-0.25, -0.2) is 0 Å². The first-order valence-electron chi connectivity index (χ1n) is 6.26. The van der Waals surface area contributed by atoms with E-state index in [2.05, 4.69) is 23.6 Å². The van der Waals surface area contributed by atoms with Crippen molar-refractivity contribution in [3.05, 3.63) is 29.8 Å². The van der Waals surface area contributed by atoms with Crippen LogP contribution < -0.4 is 10.6 Å². The fraction of sp³-hybridized carbons (Fsp3) is 0.500. The summed E-state index contributed by atoms with van der Waals surface area (Å²) in [6.07, 6.45) is 1.85. The van der Waals surface area contributed by atoms with Crippen molar-refractivity contribution >= 4 is 11.6 Å². The lowest BCUT2D eigenvalue weighted by Gasteiger charge is -2.22. The van der Waals surface area contributed by atoms with Gasteiger partial charge in [0.2, 0.25) is 5.91 Å². The second-order valence-corrected chi connectivity index (χ2v) is 4.95. The molecular weight excluding hydrogens is 212 g/mol. The van der Waals surface area contributed by atoms with Gasteiger partial charge in [-0.15, -0.1) is 0 Å². The van der Waals surface area contributed by atoms with Crippen molar-refractivity contribution in [2.45, 2.75) is 26.7 Å². The van der Waals surface area contributed by atoms with E-state index < -0.39 is 0 Å². The van der Waals surface area contributed by atoms with Crippen LogP contribution in [-0.4, -0.2) is 19.0 Å². The highest BCUT2D eigenvalue weighted by Gasteiger charge is 2.36. The van der Waals surface area contributed by atoms with E-state index in [1.165, 1.54) is 5.56 Å². The van der Waals surface area contributed by atoms with Gasteiger partial charge in [0, 0.05) is 12.2 Å². The third-order valence-corrected chi connectivity index (χ3v) is 3.56. The van der Waals surface area contributed by atoms with E-state index >= 15 is 0 Å². The Bertz CT molecular complexity index is 408. The van der Waals surface area contributed by atoms with E-state index in [1.54, 1.807) is 0 Å². The topological polar surface area (TPSA) is 41.1 Å². The number of hydrogen-bond acceptors (Lipinski definition) is 2. The molecule has 17 heavy (non-hydrogen) atoms. The Hall–Kier alpha value is -1.35. The standard InChI is InChI=1S/C14H20N2O/c1-3-11-6-4-5-7-12(11)16-13(17)14(2)8-9-15-10-14/h4-7,15H,3,8-10H2,1-2H3,(H,16,17). The SMILES string of the molecule is CCc1ccccc1NC(=O)C1(C)CCNC1. The van der Waals surface area contributed by atoms with Gasteiger partial charge in [0.05, 0.1) is 5.41 Å². The molecule has 1 unspecified atom stereocenters. The van der Waals surface area contributed by atoms with E-state index in [-0.39, 0.29) is 11.3 Å². The fourth-order valence-corrected chi connectivity index (χ4v) is 2.23. The van der Waals surface area contributed by atoms with Crippen molar-refractivity contribution in [1.29, 1.82) is 0 Å². The third-order valence-electron chi connectivity index (χ3n) is 3.56. The Kier molecular flexibility index (Phi) is 3.48. The second-order valence-electron chi connectivity index (χ2n) is 4.95. The maximum absolute atomic E-state index is 12.3. The molecule has 0 aliphatic carbocycles. The zero-order valence-electron chi connectivity index (χ0n) is 10.5. The number of carbonyl (C=O) groups is 1. The van der Waals surface area contributed by atoms with Crippen LogP contribution in [0.15, 0.2) is 24.3 Å². The molecule has 1 atom stereocenters. The lowest BCUT2D eigenvalue weighted by Crippen LogP contribution is -2.35. The largest absolute Gasteiger partial charge is 0.325 e. The molecule has 0 saturated carbocycles. The van der Waals surface area contributed by atoms with E-state index in [9.17, 15) is 4.79 Å². The summed E-state index contributed by atoms with van der Waals surface area (Å²) in [5.41, 5.74) is 1.88. The Morgan fingerprint density at radius 1 is 1.47 bits per heavy atom. The molecule has 0 aromatic heterocycles. The van der Waals surface area contributed by atoms with Gasteiger partial charge in [-0.1, -0.05) is 25.1 Å².